The number of nitrogens with zero attached hydrogens (tertiary/aromatic N) is 6. The molecule has 1 aromatic carbocycles. The molecule has 2 aromatic rings. The summed E-state index contributed by atoms with van der Waals surface area (Å²) < 4.78 is 26.7. The first-order valence-corrected chi connectivity index (χ1v) is 29.1. The van der Waals surface area contributed by atoms with Gasteiger partial charge in [-0.15, -0.1) is 0 Å². The van der Waals surface area contributed by atoms with Crippen molar-refractivity contribution >= 4 is 56.8 Å². The summed E-state index contributed by atoms with van der Waals surface area (Å²) in [6, 6.07) is 10.5. The Morgan fingerprint density at radius 1 is 0.775 bits per heavy atom. The van der Waals surface area contributed by atoms with Crippen LogP contribution in [0.4, 0.5) is 5.82 Å². The molecule has 6 aliphatic heterocycles. The van der Waals surface area contributed by atoms with Gasteiger partial charge in [0.05, 0.1) is 28.4 Å². The molecular weight excluding hydrogens is 938 g/mol. The normalized spacial score (nSPS) is 25.8. The minimum atomic E-state index is -3.49. The highest BCUT2D eigenvalue weighted by molar-refractivity contribution is 7.92. The molecule has 0 radical (unpaired) electrons. The van der Waals surface area contributed by atoms with E-state index in [1.807, 2.05) is 49.9 Å². The molecule has 4 atom stereocenters. The van der Waals surface area contributed by atoms with E-state index in [1.165, 1.54) is 19.3 Å². The summed E-state index contributed by atoms with van der Waals surface area (Å²) in [6.45, 7) is 17.1. The number of amides is 5. The summed E-state index contributed by atoms with van der Waals surface area (Å²) in [7, 11) is -3.49. The smallest absolute Gasteiger partial charge is 0.234 e. The van der Waals surface area contributed by atoms with Crippen LogP contribution in [-0.4, -0.2) is 138 Å². The number of anilines is 1. The molecule has 71 heavy (non-hydrogen) atoms. The number of pyridine rings is 1. The lowest BCUT2D eigenvalue weighted by Crippen LogP contribution is -2.57. The predicted octanol–water partition coefficient (Wildman–Crippen LogP) is 7.66. The Hall–Kier alpha value is -4.08. The first-order chi connectivity index (χ1) is 33.9. The third-order valence-corrected chi connectivity index (χ3v) is 20.0. The van der Waals surface area contributed by atoms with E-state index in [0.717, 1.165) is 94.4 Å². The number of hydrogen-bond donors (Lipinski definition) is 1. The van der Waals surface area contributed by atoms with Crippen molar-refractivity contribution in [2.75, 3.05) is 69.6 Å². The van der Waals surface area contributed by atoms with Crippen LogP contribution in [0.25, 0.3) is 0 Å². The van der Waals surface area contributed by atoms with Gasteiger partial charge >= 0.3 is 0 Å². The van der Waals surface area contributed by atoms with Crippen molar-refractivity contribution in [1.82, 2.24) is 29.9 Å². The Balaban J connectivity index is 0.747. The van der Waals surface area contributed by atoms with Gasteiger partial charge in [0.25, 0.3) is 0 Å². The fourth-order valence-electron chi connectivity index (χ4n) is 12.6. The van der Waals surface area contributed by atoms with Crippen LogP contribution in [0, 0.1) is 35.0 Å². The standard InChI is InChI=1S/C55H80ClN7O7S/c1-37(2)48(36-71(69,70)38(3)4)63-47(42-6-8-45(56)9-7-42)12-22-55(5,54(63)68)34-51(65)61-30-20-43(21-31-61)53(67)62-28-16-40(17-29-62)32-39-14-24-59(25-15-39)35-41-18-26-60(27-19-41)49-33-44(13-23-57-49)46-10-11-50(64)58-52(46)66/h6-9,13,23,33,37-41,43,46-48H,10-12,14-22,24-32,34-36H2,1-5H3,(H,58,64,66)/t46?,47-,48+,55+/m0/s1. The minimum absolute atomic E-state index is 0.0496. The molecule has 16 heteroatoms. The number of hydrogen-bond acceptors (Lipinski definition) is 10. The van der Waals surface area contributed by atoms with E-state index in [1.54, 1.807) is 37.1 Å². The minimum Gasteiger partial charge on any atom is -0.357 e. The number of aromatic nitrogens is 1. The Kier molecular flexibility index (Phi) is 17.2. The maximum Gasteiger partial charge on any atom is 0.234 e. The number of halogens is 1. The van der Waals surface area contributed by atoms with Crippen LogP contribution >= 0.6 is 11.6 Å². The van der Waals surface area contributed by atoms with Gasteiger partial charge in [-0.3, -0.25) is 29.3 Å². The number of benzene rings is 1. The van der Waals surface area contributed by atoms with Gasteiger partial charge in [-0.2, -0.15) is 0 Å². The van der Waals surface area contributed by atoms with E-state index in [-0.39, 0.29) is 65.5 Å². The van der Waals surface area contributed by atoms with Crippen LogP contribution in [0.15, 0.2) is 42.6 Å². The van der Waals surface area contributed by atoms with E-state index in [0.29, 0.717) is 68.5 Å². The molecule has 0 saturated carbocycles. The molecule has 14 nitrogen and oxygen atoms in total. The Morgan fingerprint density at radius 3 is 2.01 bits per heavy atom. The molecule has 6 saturated heterocycles. The SMILES string of the molecule is CC(C)[C@@H](CS(=O)(=O)C(C)C)N1C(=O)[C@@](C)(CC(=O)N2CCC(C(=O)N3CCC(CC4CCN(CC5CCN(c6cc(C7CCC(=O)NC7=O)ccn6)CC5)CC4)CC3)CC2)CC[C@H]1c1ccc(Cl)cc1. The molecule has 390 valence electrons. The predicted molar refractivity (Wildman–Crippen MR) is 277 cm³/mol. The number of piperidine rings is 6. The molecular formula is C55H80ClN7O7S. The molecule has 6 fully saturated rings. The first-order valence-electron chi connectivity index (χ1n) is 27.0. The quantitative estimate of drug-likeness (QED) is 0.176. The van der Waals surface area contributed by atoms with Crippen molar-refractivity contribution < 1.29 is 32.4 Å². The number of imide groups is 1. The van der Waals surface area contributed by atoms with Crippen LogP contribution in [0.5, 0.6) is 0 Å². The highest BCUT2D eigenvalue weighted by atomic mass is 35.5. The van der Waals surface area contributed by atoms with Gasteiger partial charge < -0.3 is 24.5 Å². The van der Waals surface area contributed by atoms with Crippen molar-refractivity contribution in [2.24, 2.45) is 35.0 Å². The average molecular weight is 1020 g/mol. The molecule has 0 spiro atoms. The zero-order valence-corrected chi connectivity index (χ0v) is 44.6. The highest BCUT2D eigenvalue weighted by Crippen LogP contribution is 2.46. The molecule has 0 aliphatic carbocycles. The maximum atomic E-state index is 14.8. The number of carbonyl (C=O) groups excluding carboxylic acids is 5. The highest BCUT2D eigenvalue weighted by Gasteiger charge is 2.50. The van der Waals surface area contributed by atoms with Gasteiger partial charge in [-0.1, -0.05) is 44.5 Å². The summed E-state index contributed by atoms with van der Waals surface area (Å²) in [5.74, 6) is 1.88. The molecule has 5 amide bonds. The van der Waals surface area contributed by atoms with E-state index in [9.17, 15) is 32.4 Å². The number of rotatable bonds is 15. The summed E-state index contributed by atoms with van der Waals surface area (Å²) in [6.07, 6.45) is 13.2. The van der Waals surface area contributed by atoms with Gasteiger partial charge in [-0.05, 0) is 163 Å². The Bertz CT molecular complexity index is 2320. The van der Waals surface area contributed by atoms with Gasteiger partial charge in [0.2, 0.25) is 29.5 Å². The Labute approximate surface area is 428 Å². The topological polar surface area (TPSA) is 161 Å². The van der Waals surface area contributed by atoms with Crippen molar-refractivity contribution in [1.29, 1.82) is 0 Å². The van der Waals surface area contributed by atoms with Crippen LogP contribution in [0.2, 0.25) is 5.02 Å². The van der Waals surface area contributed by atoms with Gasteiger partial charge in [0, 0.05) is 81.8 Å². The number of likely N-dealkylation sites (tertiary alicyclic amines) is 4. The fourth-order valence-corrected chi connectivity index (χ4v) is 14.2. The average Bonchev–Trinajstić information content (AvgIpc) is 3.35. The lowest BCUT2D eigenvalue weighted by Gasteiger charge is -2.49. The van der Waals surface area contributed by atoms with E-state index in [2.05, 4.69) is 25.0 Å². The van der Waals surface area contributed by atoms with Gasteiger partial charge in [0.1, 0.15) is 5.82 Å². The summed E-state index contributed by atoms with van der Waals surface area (Å²) in [4.78, 5) is 82.3. The van der Waals surface area contributed by atoms with E-state index < -0.39 is 26.5 Å². The molecule has 1 N–H and O–H groups in total. The van der Waals surface area contributed by atoms with Gasteiger partial charge in [0.15, 0.2) is 9.84 Å². The first kappa shape index (κ1) is 53.2. The Morgan fingerprint density at radius 2 is 1.39 bits per heavy atom. The third-order valence-electron chi connectivity index (χ3n) is 17.5. The zero-order valence-electron chi connectivity index (χ0n) is 43.0. The van der Waals surface area contributed by atoms with Crippen LogP contribution < -0.4 is 10.2 Å². The summed E-state index contributed by atoms with van der Waals surface area (Å²) in [5, 5.41) is 2.49. The second kappa shape index (κ2) is 23.0. The lowest BCUT2D eigenvalue weighted by atomic mass is 9.73. The molecule has 0 bridgehead atoms. The van der Waals surface area contributed by atoms with Gasteiger partial charge in [-0.25, -0.2) is 13.4 Å². The fraction of sp³-hybridized carbons (Fsp3) is 0.709. The maximum absolute atomic E-state index is 14.8. The number of nitrogens with one attached hydrogen (secondary N) is 1. The molecule has 1 unspecified atom stereocenters. The monoisotopic (exact) mass is 1020 g/mol. The molecule has 7 heterocycles. The van der Waals surface area contributed by atoms with Crippen molar-refractivity contribution in [3.63, 3.8) is 0 Å². The largest absolute Gasteiger partial charge is 0.357 e. The molecule has 6 aliphatic rings. The van der Waals surface area contributed by atoms with Crippen molar-refractivity contribution in [2.45, 2.75) is 148 Å². The van der Waals surface area contributed by atoms with E-state index in [4.69, 9.17) is 11.6 Å². The van der Waals surface area contributed by atoms with E-state index >= 15 is 0 Å². The second-order valence-corrected chi connectivity index (χ2v) is 26.1. The second-order valence-electron chi connectivity index (χ2n) is 23.0. The molecule has 1 aromatic heterocycles. The zero-order chi connectivity index (χ0) is 50.6. The van der Waals surface area contributed by atoms with Crippen molar-refractivity contribution in [3.05, 3.63) is 58.7 Å². The number of carbonyl (C=O) groups is 5. The van der Waals surface area contributed by atoms with Crippen LogP contribution in [0.3, 0.4) is 0 Å². The third kappa shape index (κ3) is 12.8. The van der Waals surface area contributed by atoms with Crippen LogP contribution in [0.1, 0.15) is 148 Å². The van der Waals surface area contributed by atoms with Crippen LogP contribution in [-0.2, 0) is 33.8 Å². The summed E-state index contributed by atoms with van der Waals surface area (Å²) in [5.41, 5.74) is 0.857. The lowest BCUT2D eigenvalue weighted by molar-refractivity contribution is -0.158. The summed E-state index contributed by atoms with van der Waals surface area (Å²) >= 11 is 6.25. The van der Waals surface area contributed by atoms with Crippen molar-refractivity contribution in [3.8, 4) is 0 Å². The number of sulfone groups is 1. The molecule has 8 rings (SSSR count).